The lowest BCUT2D eigenvalue weighted by molar-refractivity contribution is 0.259. The van der Waals surface area contributed by atoms with Gasteiger partial charge >= 0.3 is 0 Å². The molecule has 0 fully saturated rings. The maximum Gasteiger partial charge on any atom is 0.177 e. The van der Waals surface area contributed by atoms with Crippen LogP contribution in [0, 0.1) is 11.3 Å². The van der Waals surface area contributed by atoms with Gasteiger partial charge in [0.2, 0.25) is 0 Å². The standard InChI is InChI=1S/C13H15N5O/c1-10(13-15-17-18(16-13)6-7-19)8-11-2-4-12(9-14)5-3-11/h2-5,10,19H,6-8H2,1H3/t10-/m0/s1. The summed E-state index contributed by atoms with van der Waals surface area (Å²) in [4.78, 5) is 1.39. The van der Waals surface area contributed by atoms with Crippen LogP contribution in [-0.4, -0.2) is 31.9 Å². The van der Waals surface area contributed by atoms with Crippen LogP contribution in [0.3, 0.4) is 0 Å². The Balaban J connectivity index is 2.02. The lowest BCUT2D eigenvalue weighted by Gasteiger charge is -2.06. The summed E-state index contributed by atoms with van der Waals surface area (Å²) in [5, 5.41) is 29.6. The summed E-state index contributed by atoms with van der Waals surface area (Å²) in [6.45, 7) is 2.38. The molecule has 2 aromatic rings. The number of tetrazole rings is 1. The van der Waals surface area contributed by atoms with Gasteiger partial charge < -0.3 is 5.11 Å². The number of nitrogens with zero attached hydrogens (tertiary/aromatic N) is 5. The summed E-state index contributed by atoms with van der Waals surface area (Å²) in [5.41, 5.74) is 1.79. The minimum Gasteiger partial charge on any atom is -0.394 e. The molecule has 0 bridgehead atoms. The van der Waals surface area contributed by atoms with E-state index in [9.17, 15) is 0 Å². The monoisotopic (exact) mass is 257 g/mol. The molecule has 1 atom stereocenters. The van der Waals surface area contributed by atoms with E-state index in [1.165, 1.54) is 4.80 Å². The first-order valence-corrected chi connectivity index (χ1v) is 6.10. The number of nitriles is 1. The minimum atomic E-state index is -0.000196. The maximum atomic E-state index is 8.80. The van der Waals surface area contributed by atoms with Crippen LogP contribution in [0.5, 0.6) is 0 Å². The second-order valence-electron chi connectivity index (χ2n) is 4.38. The Hall–Kier alpha value is -2.26. The van der Waals surface area contributed by atoms with Gasteiger partial charge in [-0.2, -0.15) is 10.1 Å². The molecule has 0 saturated carbocycles. The highest BCUT2D eigenvalue weighted by molar-refractivity contribution is 5.32. The Morgan fingerprint density at radius 1 is 1.37 bits per heavy atom. The van der Waals surface area contributed by atoms with E-state index in [1.807, 2.05) is 19.1 Å². The molecule has 98 valence electrons. The summed E-state index contributed by atoms with van der Waals surface area (Å²) in [5.74, 6) is 0.804. The molecule has 0 spiro atoms. The quantitative estimate of drug-likeness (QED) is 0.859. The number of aromatic nitrogens is 4. The number of hydrogen-bond acceptors (Lipinski definition) is 5. The van der Waals surface area contributed by atoms with Gasteiger partial charge in [0.15, 0.2) is 5.82 Å². The zero-order valence-corrected chi connectivity index (χ0v) is 10.7. The highest BCUT2D eigenvalue weighted by atomic mass is 16.3. The van der Waals surface area contributed by atoms with Crippen molar-refractivity contribution in [3.8, 4) is 6.07 Å². The molecular formula is C13H15N5O. The van der Waals surface area contributed by atoms with E-state index >= 15 is 0 Å². The molecule has 0 radical (unpaired) electrons. The SMILES string of the molecule is C[C@@H](Cc1ccc(C#N)cc1)c1nnn(CCO)n1. The van der Waals surface area contributed by atoms with Crippen LogP contribution in [0.1, 0.15) is 29.8 Å². The highest BCUT2D eigenvalue weighted by Crippen LogP contribution is 2.16. The lowest BCUT2D eigenvalue weighted by atomic mass is 10.00. The first kappa shape index (κ1) is 13.2. The van der Waals surface area contributed by atoms with Crippen molar-refractivity contribution >= 4 is 0 Å². The second-order valence-corrected chi connectivity index (χ2v) is 4.38. The van der Waals surface area contributed by atoms with Gasteiger partial charge in [-0.3, -0.25) is 0 Å². The van der Waals surface area contributed by atoms with Gasteiger partial charge in [0.1, 0.15) is 0 Å². The van der Waals surface area contributed by atoms with Crippen LogP contribution < -0.4 is 0 Å². The minimum absolute atomic E-state index is 0.000196. The van der Waals surface area contributed by atoms with Crippen molar-refractivity contribution < 1.29 is 5.11 Å². The van der Waals surface area contributed by atoms with Crippen molar-refractivity contribution in [1.29, 1.82) is 5.26 Å². The molecule has 6 heteroatoms. The molecule has 2 rings (SSSR count). The molecule has 0 unspecified atom stereocenters. The topological polar surface area (TPSA) is 87.6 Å². The zero-order valence-electron chi connectivity index (χ0n) is 10.7. The van der Waals surface area contributed by atoms with Crippen molar-refractivity contribution in [2.24, 2.45) is 0 Å². The van der Waals surface area contributed by atoms with Crippen LogP contribution in [0.4, 0.5) is 0 Å². The molecule has 0 aliphatic heterocycles. The molecule has 1 N–H and O–H groups in total. The van der Waals surface area contributed by atoms with Crippen LogP contribution in [0.2, 0.25) is 0 Å². The van der Waals surface area contributed by atoms with Crippen molar-refractivity contribution in [3.05, 3.63) is 41.2 Å². The second kappa shape index (κ2) is 6.07. The van der Waals surface area contributed by atoms with Gasteiger partial charge in [0, 0.05) is 5.92 Å². The molecule has 0 aliphatic rings. The van der Waals surface area contributed by atoms with Crippen molar-refractivity contribution in [3.63, 3.8) is 0 Å². The largest absolute Gasteiger partial charge is 0.394 e. The third-order valence-electron chi connectivity index (χ3n) is 2.83. The fourth-order valence-corrected chi connectivity index (χ4v) is 1.80. The first-order chi connectivity index (χ1) is 9.22. The molecule has 1 aromatic heterocycles. The summed E-state index contributed by atoms with van der Waals surface area (Å²) < 4.78 is 0. The van der Waals surface area contributed by atoms with E-state index in [2.05, 4.69) is 21.5 Å². The molecule has 1 aromatic carbocycles. The van der Waals surface area contributed by atoms with E-state index in [1.54, 1.807) is 12.1 Å². The summed E-state index contributed by atoms with van der Waals surface area (Å²) in [6.07, 6.45) is 0.788. The van der Waals surface area contributed by atoms with E-state index in [0.717, 1.165) is 12.0 Å². The average Bonchev–Trinajstić information content (AvgIpc) is 2.89. The van der Waals surface area contributed by atoms with E-state index in [0.29, 0.717) is 17.9 Å². The molecule has 0 aliphatic carbocycles. The van der Waals surface area contributed by atoms with Gasteiger partial charge in [-0.05, 0) is 29.3 Å². The molecule has 0 amide bonds. The number of hydrogen-bond donors (Lipinski definition) is 1. The Morgan fingerprint density at radius 3 is 2.74 bits per heavy atom. The van der Waals surface area contributed by atoms with Gasteiger partial charge in [0.25, 0.3) is 0 Å². The van der Waals surface area contributed by atoms with Crippen LogP contribution in [0.25, 0.3) is 0 Å². The predicted molar refractivity (Wildman–Crippen MR) is 68.2 cm³/mol. The third-order valence-corrected chi connectivity index (χ3v) is 2.83. The molecular weight excluding hydrogens is 242 g/mol. The summed E-state index contributed by atoms with van der Waals surface area (Å²) in [7, 11) is 0. The third kappa shape index (κ3) is 3.36. The first-order valence-electron chi connectivity index (χ1n) is 6.10. The molecule has 0 saturated heterocycles. The van der Waals surface area contributed by atoms with Crippen molar-refractivity contribution in [2.45, 2.75) is 25.8 Å². The molecule has 19 heavy (non-hydrogen) atoms. The summed E-state index contributed by atoms with van der Waals surface area (Å²) in [6, 6.07) is 9.58. The Kier molecular flexibility index (Phi) is 4.21. The Morgan fingerprint density at radius 2 is 2.11 bits per heavy atom. The van der Waals surface area contributed by atoms with Gasteiger partial charge in [-0.15, -0.1) is 10.2 Å². The molecule has 6 nitrogen and oxygen atoms in total. The average molecular weight is 257 g/mol. The van der Waals surface area contributed by atoms with Gasteiger partial charge in [-0.1, -0.05) is 19.1 Å². The number of rotatable bonds is 5. The number of aliphatic hydroxyl groups excluding tert-OH is 1. The van der Waals surface area contributed by atoms with Gasteiger partial charge in [-0.25, -0.2) is 0 Å². The van der Waals surface area contributed by atoms with Crippen LogP contribution in [-0.2, 0) is 13.0 Å². The Bertz CT molecular complexity index is 569. The van der Waals surface area contributed by atoms with Crippen LogP contribution >= 0.6 is 0 Å². The zero-order chi connectivity index (χ0) is 13.7. The predicted octanol–water partition coefficient (Wildman–Crippen LogP) is 0.883. The van der Waals surface area contributed by atoms with Crippen molar-refractivity contribution in [2.75, 3.05) is 6.61 Å². The fourth-order valence-electron chi connectivity index (χ4n) is 1.80. The van der Waals surface area contributed by atoms with E-state index in [4.69, 9.17) is 10.4 Å². The normalized spacial score (nSPS) is 12.1. The van der Waals surface area contributed by atoms with Gasteiger partial charge in [0.05, 0.1) is 24.8 Å². The molecule has 1 heterocycles. The maximum absolute atomic E-state index is 8.80. The van der Waals surface area contributed by atoms with Crippen molar-refractivity contribution in [1.82, 2.24) is 20.2 Å². The highest BCUT2D eigenvalue weighted by Gasteiger charge is 2.12. The summed E-state index contributed by atoms with van der Waals surface area (Å²) >= 11 is 0. The Labute approximate surface area is 111 Å². The van der Waals surface area contributed by atoms with E-state index < -0.39 is 0 Å². The lowest BCUT2D eigenvalue weighted by Crippen LogP contribution is -2.07. The van der Waals surface area contributed by atoms with Crippen LogP contribution in [0.15, 0.2) is 24.3 Å². The number of benzene rings is 1. The smallest absolute Gasteiger partial charge is 0.177 e. The number of aliphatic hydroxyl groups is 1. The van der Waals surface area contributed by atoms with E-state index in [-0.39, 0.29) is 12.5 Å². The fraction of sp³-hybridized carbons (Fsp3) is 0.385.